The quantitative estimate of drug-likeness (QED) is 0.753. The lowest BCUT2D eigenvalue weighted by Crippen LogP contribution is -2.26. The molecule has 1 aromatic heterocycles. The van der Waals surface area contributed by atoms with Crippen LogP contribution in [0.15, 0.2) is 30.5 Å². The van der Waals surface area contributed by atoms with Gasteiger partial charge in [0, 0.05) is 13.1 Å². The van der Waals surface area contributed by atoms with Crippen molar-refractivity contribution in [2.75, 3.05) is 6.54 Å². The van der Waals surface area contributed by atoms with E-state index in [4.69, 9.17) is 5.11 Å². The number of rotatable bonds is 8. The molecule has 0 radical (unpaired) electrons. The molecule has 1 heterocycles. The van der Waals surface area contributed by atoms with Gasteiger partial charge in [0.2, 0.25) is 0 Å². The molecule has 140 valence electrons. The highest BCUT2D eigenvalue weighted by Crippen LogP contribution is 2.23. The van der Waals surface area contributed by atoms with Gasteiger partial charge < -0.3 is 10.4 Å². The van der Waals surface area contributed by atoms with Crippen LogP contribution in [0.2, 0.25) is 0 Å². The van der Waals surface area contributed by atoms with Crippen LogP contribution in [0, 0.1) is 5.92 Å². The van der Waals surface area contributed by atoms with Crippen molar-refractivity contribution in [3.8, 4) is 0 Å². The van der Waals surface area contributed by atoms with E-state index >= 15 is 0 Å². The van der Waals surface area contributed by atoms with Crippen molar-refractivity contribution in [3.63, 3.8) is 0 Å². The largest absolute Gasteiger partial charge is 0.478 e. The Morgan fingerprint density at radius 2 is 1.88 bits per heavy atom. The van der Waals surface area contributed by atoms with E-state index < -0.39 is 18.3 Å². The predicted molar refractivity (Wildman–Crippen MR) is 91.5 cm³/mol. The molecule has 0 aliphatic carbocycles. The third kappa shape index (κ3) is 4.87. The number of carbonyl (C=O) groups excluding carboxylic acids is 1. The van der Waals surface area contributed by atoms with Gasteiger partial charge in [-0.15, -0.1) is 0 Å². The van der Waals surface area contributed by atoms with Crippen LogP contribution in [0.25, 0.3) is 0 Å². The molecule has 2 N–H and O–H groups in total. The summed E-state index contributed by atoms with van der Waals surface area (Å²) in [5.41, 5.74) is 0.515. The minimum Gasteiger partial charge on any atom is -0.478 e. The summed E-state index contributed by atoms with van der Waals surface area (Å²) in [7, 11) is 0. The van der Waals surface area contributed by atoms with Crippen molar-refractivity contribution in [3.05, 3.63) is 52.8 Å². The van der Waals surface area contributed by atoms with Gasteiger partial charge in [-0.05, 0) is 30.0 Å². The zero-order chi connectivity index (χ0) is 19.3. The molecule has 0 saturated heterocycles. The zero-order valence-electron chi connectivity index (χ0n) is 14.6. The smallest absolute Gasteiger partial charge is 0.335 e. The standard InChI is InChI=1S/C18H21F2N3O3/c1-11(2)10-23-15(16(19)20)14(9-22-23)17(24)21-8-7-12-3-5-13(6-4-12)18(25)26/h3-6,9,11,16H,7-8,10H2,1-2H3,(H,21,24)(H,25,26). The molecule has 0 saturated carbocycles. The molecule has 1 amide bonds. The SMILES string of the molecule is CC(C)Cn1ncc(C(=O)NCCc2ccc(C(=O)O)cc2)c1C(F)F. The number of alkyl halides is 2. The average molecular weight is 365 g/mol. The summed E-state index contributed by atoms with van der Waals surface area (Å²) >= 11 is 0. The van der Waals surface area contributed by atoms with Crippen LogP contribution in [0.3, 0.4) is 0 Å². The molecule has 0 fully saturated rings. The number of nitrogens with one attached hydrogen (secondary N) is 1. The van der Waals surface area contributed by atoms with Crippen LogP contribution < -0.4 is 5.32 Å². The number of carboxylic acid groups (broad SMARTS) is 1. The Morgan fingerprint density at radius 3 is 2.42 bits per heavy atom. The molecule has 0 aliphatic heterocycles. The van der Waals surface area contributed by atoms with E-state index in [0.717, 1.165) is 5.56 Å². The number of carbonyl (C=O) groups is 2. The molecule has 0 aliphatic rings. The van der Waals surface area contributed by atoms with Crippen LogP contribution >= 0.6 is 0 Å². The summed E-state index contributed by atoms with van der Waals surface area (Å²) in [6.45, 7) is 4.31. The molecule has 2 rings (SSSR count). The summed E-state index contributed by atoms with van der Waals surface area (Å²) in [6.07, 6.45) is -1.17. The maximum atomic E-state index is 13.3. The summed E-state index contributed by atoms with van der Waals surface area (Å²) in [4.78, 5) is 23.0. The van der Waals surface area contributed by atoms with Crippen LogP contribution in [0.1, 0.15) is 52.2 Å². The third-order valence-electron chi connectivity index (χ3n) is 3.77. The molecule has 0 spiro atoms. The van der Waals surface area contributed by atoms with E-state index in [-0.39, 0.29) is 29.3 Å². The first-order chi connectivity index (χ1) is 12.3. The Balaban J connectivity index is 1.99. The fraction of sp³-hybridized carbons (Fsp3) is 0.389. The normalized spacial score (nSPS) is 11.2. The van der Waals surface area contributed by atoms with Crippen molar-refractivity contribution < 1.29 is 23.5 Å². The molecule has 0 unspecified atom stereocenters. The number of carboxylic acids is 1. The van der Waals surface area contributed by atoms with E-state index in [0.29, 0.717) is 13.0 Å². The molecule has 0 atom stereocenters. The summed E-state index contributed by atoms with van der Waals surface area (Å²) in [5.74, 6) is -1.49. The number of hydrogen-bond donors (Lipinski definition) is 2. The van der Waals surface area contributed by atoms with Gasteiger partial charge in [0.25, 0.3) is 12.3 Å². The number of halogens is 2. The van der Waals surface area contributed by atoms with Crippen molar-refractivity contribution >= 4 is 11.9 Å². The summed E-state index contributed by atoms with van der Waals surface area (Å²) in [6, 6.07) is 6.26. The second kappa shape index (κ2) is 8.55. The Labute approximate surface area is 149 Å². The molecule has 0 bridgehead atoms. The Kier molecular flexibility index (Phi) is 6.43. The first-order valence-corrected chi connectivity index (χ1v) is 8.24. The summed E-state index contributed by atoms with van der Waals surface area (Å²) < 4.78 is 27.8. The lowest BCUT2D eigenvalue weighted by Gasteiger charge is -2.11. The molecule has 6 nitrogen and oxygen atoms in total. The van der Waals surface area contributed by atoms with Crippen LogP contribution in [0.4, 0.5) is 8.78 Å². The van der Waals surface area contributed by atoms with Gasteiger partial charge in [0.15, 0.2) is 0 Å². The van der Waals surface area contributed by atoms with Gasteiger partial charge in [0.1, 0.15) is 5.69 Å². The molecular formula is C18H21F2N3O3. The van der Waals surface area contributed by atoms with Crippen molar-refractivity contribution in [2.45, 2.75) is 33.2 Å². The fourth-order valence-electron chi connectivity index (χ4n) is 2.52. The van der Waals surface area contributed by atoms with Crippen LogP contribution in [-0.4, -0.2) is 33.3 Å². The van der Waals surface area contributed by atoms with Gasteiger partial charge in [-0.2, -0.15) is 5.10 Å². The van der Waals surface area contributed by atoms with E-state index in [2.05, 4.69) is 10.4 Å². The maximum absolute atomic E-state index is 13.3. The van der Waals surface area contributed by atoms with Crippen molar-refractivity contribution in [1.82, 2.24) is 15.1 Å². The molecule has 1 aromatic carbocycles. The fourth-order valence-corrected chi connectivity index (χ4v) is 2.52. The van der Waals surface area contributed by atoms with Gasteiger partial charge in [-0.25, -0.2) is 13.6 Å². The zero-order valence-corrected chi connectivity index (χ0v) is 14.6. The van der Waals surface area contributed by atoms with Gasteiger partial charge >= 0.3 is 5.97 Å². The first-order valence-electron chi connectivity index (χ1n) is 8.24. The second-order valence-electron chi connectivity index (χ2n) is 6.33. The highest BCUT2D eigenvalue weighted by Gasteiger charge is 2.24. The van der Waals surface area contributed by atoms with Crippen LogP contribution in [0.5, 0.6) is 0 Å². The first kappa shape index (κ1) is 19.6. The molecule has 26 heavy (non-hydrogen) atoms. The number of aromatic nitrogens is 2. The van der Waals surface area contributed by atoms with E-state index in [9.17, 15) is 18.4 Å². The highest BCUT2D eigenvalue weighted by atomic mass is 19.3. The Morgan fingerprint density at radius 1 is 1.23 bits per heavy atom. The highest BCUT2D eigenvalue weighted by molar-refractivity contribution is 5.95. The van der Waals surface area contributed by atoms with Crippen molar-refractivity contribution in [2.24, 2.45) is 5.92 Å². The maximum Gasteiger partial charge on any atom is 0.335 e. The van der Waals surface area contributed by atoms with Crippen LogP contribution in [-0.2, 0) is 13.0 Å². The number of nitrogens with zero attached hydrogens (tertiary/aromatic N) is 2. The van der Waals surface area contributed by atoms with E-state index in [1.165, 1.54) is 23.0 Å². The number of hydrogen-bond acceptors (Lipinski definition) is 3. The number of amides is 1. The Hall–Kier alpha value is -2.77. The number of aromatic carboxylic acids is 1. The average Bonchev–Trinajstić information content (AvgIpc) is 2.98. The third-order valence-corrected chi connectivity index (χ3v) is 3.77. The predicted octanol–water partition coefficient (Wildman–Crippen LogP) is 3.15. The minimum absolute atomic E-state index is 0.122. The lowest BCUT2D eigenvalue weighted by molar-refractivity contribution is 0.0696. The summed E-state index contributed by atoms with van der Waals surface area (Å²) in [5, 5.41) is 15.4. The van der Waals surface area contributed by atoms with Gasteiger partial charge in [0.05, 0.1) is 17.3 Å². The molecule has 8 heteroatoms. The van der Waals surface area contributed by atoms with E-state index in [1.807, 2.05) is 13.8 Å². The lowest BCUT2D eigenvalue weighted by atomic mass is 10.1. The molecular weight excluding hydrogens is 344 g/mol. The van der Waals surface area contributed by atoms with E-state index in [1.54, 1.807) is 12.1 Å². The Bertz CT molecular complexity index is 770. The van der Waals surface area contributed by atoms with Gasteiger partial charge in [-0.1, -0.05) is 26.0 Å². The molecule has 2 aromatic rings. The van der Waals surface area contributed by atoms with Gasteiger partial charge in [-0.3, -0.25) is 9.48 Å². The van der Waals surface area contributed by atoms with Crippen molar-refractivity contribution in [1.29, 1.82) is 0 Å². The topological polar surface area (TPSA) is 84.2 Å². The monoisotopic (exact) mass is 365 g/mol. The number of benzene rings is 1. The second-order valence-corrected chi connectivity index (χ2v) is 6.33. The minimum atomic E-state index is -2.79.